The Morgan fingerprint density at radius 2 is 0.900 bits per heavy atom. The van der Waals surface area contributed by atoms with Crippen molar-refractivity contribution in [3.8, 4) is 11.5 Å². The Hall–Kier alpha value is -1.54. The van der Waals surface area contributed by atoms with Crippen LogP contribution < -0.4 is 9.47 Å². The second-order valence-corrected chi connectivity index (χ2v) is 11.0. The fourth-order valence-electron chi connectivity index (χ4n) is 4.69. The summed E-state index contributed by atoms with van der Waals surface area (Å²) >= 11 is 24.2. The Labute approximate surface area is 258 Å². The van der Waals surface area contributed by atoms with Crippen LogP contribution in [0.25, 0.3) is 0 Å². The van der Waals surface area contributed by atoms with Crippen molar-refractivity contribution in [3.63, 3.8) is 0 Å². The van der Waals surface area contributed by atoms with Crippen LogP contribution in [0, 0.1) is 11.8 Å². The first-order chi connectivity index (χ1) is 19.4. The van der Waals surface area contributed by atoms with E-state index in [2.05, 4.69) is 9.80 Å². The monoisotopic (exact) mass is 632 g/mol. The number of hydrogen-bond acceptors (Lipinski definition) is 6. The first-order valence-electron chi connectivity index (χ1n) is 13.5. The van der Waals surface area contributed by atoms with Crippen molar-refractivity contribution in [1.29, 1.82) is 0 Å². The molecular formula is C30H40Cl4N2O4. The highest BCUT2D eigenvalue weighted by atomic mass is 35.5. The van der Waals surface area contributed by atoms with Crippen molar-refractivity contribution in [3.05, 3.63) is 59.7 Å². The van der Waals surface area contributed by atoms with Gasteiger partial charge in [-0.05, 0) is 61.4 Å². The van der Waals surface area contributed by atoms with Crippen molar-refractivity contribution < 1.29 is 19.1 Å². The molecule has 2 aromatic carbocycles. The van der Waals surface area contributed by atoms with Gasteiger partial charge in [-0.3, -0.25) is 9.59 Å². The number of alkyl halides is 4. The zero-order valence-electron chi connectivity index (χ0n) is 23.3. The molecule has 0 aliphatic heterocycles. The van der Waals surface area contributed by atoms with Gasteiger partial charge in [-0.25, -0.2) is 0 Å². The highest BCUT2D eigenvalue weighted by Gasteiger charge is 2.28. The second kappa shape index (κ2) is 19.6. The molecule has 0 aromatic heterocycles. The number of ketones is 2. The van der Waals surface area contributed by atoms with Gasteiger partial charge in [-0.15, -0.1) is 46.4 Å². The summed E-state index contributed by atoms with van der Waals surface area (Å²) in [5.41, 5.74) is 1.21. The number of Topliss-reactive ketones (excluding diaryl/α,β-unsaturated/α-hetero) is 2. The van der Waals surface area contributed by atoms with E-state index in [-0.39, 0.29) is 23.4 Å². The Kier molecular flexibility index (Phi) is 16.9. The van der Waals surface area contributed by atoms with Gasteiger partial charge in [-0.1, -0.05) is 0 Å². The molecule has 2 unspecified atom stereocenters. The van der Waals surface area contributed by atoms with Gasteiger partial charge < -0.3 is 19.3 Å². The molecule has 10 heteroatoms. The molecule has 2 aromatic rings. The van der Waals surface area contributed by atoms with Gasteiger partial charge in [0.15, 0.2) is 11.6 Å². The van der Waals surface area contributed by atoms with Gasteiger partial charge in [0.05, 0.1) is 14.2 Å². The Balaban J connectivity index is 2.34. The lowest BCUT2D eigenvalue weighted by Crippen LogP contribution is -2.38. The molecule has 0 heterocycles. The number of nitrogens with zero attached hydrogens (tertiary/aromatic N) is 2. The molecule has 0 fully saturated rings. The molecule has 40 heavy (non-hydrogen) atoms. The number of halogens is 4. The maximum Gasteiger partial charge on any atom is 0.167 e. The average molecular weight is 634 g/mol. The average Bonchev–Trinajstić information content (AvgIpc) is 2.98. The molecule has 2 rings (SSSR count). The zero-order valence-corrected chi connectivity index (χ0v) is 26.3. The molecular weight excluding hydrogens is 594 g/mol. The molecule has 0 amide bonds. The van der Waals surface area contributed by atoms with E-state index in [1.165, 1.54) is 0 Å². The number of ether oxygens (including phenoxy) is 2. The fraction of sp³-hybridized carbons (Fsp3) is 0.533. The van der Waals surface area contributed by atoms with E-state index in [0.717, 1.165) is 0 Å². The van der Waals surface area contributed by atoms with Gasteiger partial charge in [0.2, 0.25) is 0 Å². The lowest BCUT2D eigenvalue weighted by Gasteiger charge is -2.29. The van der Waals surface area contributed by atoms with E-state index >= 15 is 0 Å². The van der Waals surface area contributed by atoms with E-state index in [4.69, 9.17) is 55.9 Å². The molecule has 0 aliphatic carbocycles. The van der Waals surface area contributed by atoms with Crippen molar-refractivity contribution in [2.45, 2.75) is 12.8 Å². The standard InChI is InChI=1S/C30H40Cl4N2O4/c1-39-27-9-5-23(6-10-27)29(37)25(21-35(17-13-31)18-14-32)3-4-26(22-36(19-15-33)20-16-34)30(38)24-7-11-28(40-2)12-8-24/h5-12,25-26H,3-4,13-22H2,1-2H3. The quantitative estimate of drug-likeness (QED) is 0.118. The molecule has 0 radical (unpaired) electrons. The Bertz CT molecular complexity index is 914. The first kappa shape index (κ1) is 34.7. The summed E-state index contributed by atoms with van der Waals surface area (Å²) in [7, 11) is 3.18. The summed E-state index contributed by atoms with van der Waals surface area (Å²) in [5, 5.41) is 0. The van der Waals surface area contributed by atoms with Crippen LogP contribution in [-0.2, 0) is 0 Å². The second-order valence-electron chi connectivity index (χ2n) is 9.51. The summed E-state index contributed by atoms with van der Waals surface area (Å²) < 4.78 is 10.5. The van der Waals surface area contributed by atoms with Crippen molar-refractivity contribution in [2.24, 2.45) is 11.8 Å². The number of rotatable bonds is 21. The molecule has 0 N–H and O–H groups in total. The maximum atomic E-state index is 13.8. The molecule has 2 atom stereocenters. The fourth-order valence-corrected chi connectivity index (χ4v) is 5.64. The number of carbonyl (C=O) groups is 2. The number of methoxy groups -OCH3 is 2. The number of hydrogen-bond donors (Lipinski definition) is 0. The molecule has 0 bridgehead atoms. The summed E-state index contributed by atoms with van der Waals surface area (Å²) in [6.07, 6.45) is 1.04. The van der Waals surface area contributed by atoms with E-state index in [0.29, 0.717) is 98.3 Å². The molecule has 0 saturated carbocycles. The minimum Gasteiger partial charge on any atom is -0.497 e. The highest BCUT2D eigenvalue weighted by molar-refractivity contribution is 6.18. The zero-order chi connectivity index (χ0) is 29.3. The van der Waals surface area contributed by atoms with Gasteiger partial charge in [-0.2, -0.15) is 0 Å². The molecule has 0 saturated heterocycles. The summed E-state index contributed by atoms with van der Waals surface area (Å²) in [6, 6.07) is 14.3. The predicted octanol–water partition coefficient (Wildman–Crippen LogP) is 6.34. The topological polar surface area (TPSA) is 59.1 Å². The van der Waals surface area contributed by atoms with Crippen LogP contribution >= 0.6 is 46.4 Å². The minimum atomic E-state index is -0.347. The first-order valence-corrected chi connectivity index (χ1v) is 15.6. The lowest BCUT2D eigenvalue weighted by molar-refractivity contribution is 0.0816. The van der Waals surface area contributed by atoms with E-state index in [1.54, 1.807) is 62.8 Å². The molecule has 222 valence electrons. The van der Waals surface area contributed by atoms with E-state index in [9.17, 15) is 9.59 Å². The van der Waals surface area contributed by atoms with Gasteiger partial charge >= 0.3 is 0 Å². The smallest absolute Gasteiger partial charge is 0.167 e. The minimum absolute atomic E-state index is 0.0193. The van der Waals surface area contributed by atoms with Crippen LogP contribution in [0.3, 0.4) is 0 Å². The van der Waals surface area contributed by atoms with Crippen LogP contribution in [0.15, 0.2) is 48.5 Å². The van der Waals surface area contributed by atoms with Crippen LogP contribution in [0.4, 0.5) is 0 Å². The van der Waals surface area contributed by atoms with Crippen LogP contribution in [0.1, 0.15) is 33.6 Å². The predicted molar refractivity (Wildman–Crippen MR) is 167 cm³/mol. The van der Waals surface area contributed by atoms with Crippen molar-refractivity contribution in [1.82, 2.24) is 9.80 Å². The largest absolute Gasteiger partial charge is 0.497 e. The van der Waals surface area contributed by atoms with Crippen LogP contribution in [0.5, 0.6) is 11.5 Å². The normalized spacial score (nSPS) is 12.9. The van der Waals surface area contributed by atoms with Crippen molar-refractivity contribution in [2.75, 3.05) is 77.0 Å². The van der Waals surface area contributed by atoms with Crippen LogP contribution in [0.2, 0.25) is 0 Å². The van der Waals surface area contributed by atoms with Crippen molar-refractivity contribution >= 4 is 58.0 Å². The number of carbonyl (C=O) groups excluding carboxylic acids is 2. The van der Waals surface area contributed by atoms with Gasteiger partial charge in [0.1, 0.15) is 11.5 Å². The molecule has 6 nitrogen and oxygen atoms in total. The SMILES string of the molecule is COc1ccc(C(=O)C(CCC(CN(CCCl)CCCl)C(=O)c2ccc(OC)cc2)CN(CCCl)CCCl)cc1. The number of benzene rings is 2. The van der Waals surface area contributed by atoms with Gasteiger partial charge in [0, 0.05) is 85.8 Å². The highest BCUT2D eigenvalue weighted by Crippen LogP contribution is 2.25. The third-order valence-corrected chi connectivity index (χ3v) is 7.59. The summed E-state index contributed by atoms with van der Waals surface area (Å²) in [5.74, 6) is 2.45. The summed E-state index contributed by atoms with van der Waals surface area (Å²) in [6.45, 7) is 3.48. The maximum absolute atomic E-state index is 13.8. The Morgan fingerprint density at radius 3 is 1.15 bits per heavy atom. The molecule has 0 spiro atoms. The van der Waals surface area contributed by atoms with Crippen LogP contribution in [-0.4, -0.2) is 98.4 Å². The summed E-state index contributed by atoms with van der Waals surface area (Å²) in [4.78, 5) is 31.7. The molecule has 0 aliphatic rings. The van der Waals surface area contributed by atoms with E-state index in [1.807, 2.05) is 0 Å². The third-order valence-electron chi connectivity index (χ3n) is 6.91. The third kappa shape index (κ3) is 11.4. The Morgan fingerprint density at radius 1 is 0.600 bits per heavy atom. The van der Waals surface area contributed by atoms with E-state index < -0.39 is 0 Å². The lowest BCUT2D eigenvalue weighted by atomic mass is 9.86. The van der Waals surface area contributed by atoms with Gasteiger partial charge in [0.25, 0.3) is 0 Å².